The van der Waals surface area contributed by atoms with Gasteiger partial charge in [-0.2, -0.15) is 0 Å². The quantitative estimate of drug-likeness (QED) is 0.243. The Labute approximate surface area is 130 Å². The van der Waals surface area contributed by atoms with E-state index in [0.717, 1.165) is 0 Å². The fourth-order valence-corrected chi connectivity index (χ4v) is 2.56. The molecule has 2 fully saturated rings. The van der Waals surface area contributed by atoms with Crippen molar-refractivity contribution in [2.75, 3.05) is 13.2 Å². The zero-order chi connectivity index (χ0) is 17.3. The Balaban J connectivity index is 2.11. The average molecular weight is 342 g/mol. The second-order valence-corrected chi connectivity index (χ2v) is 5.53. The fourth-order valence-electron chi connectivity index (χ4n) is 2.56. The maximum Gasteiger partial charge on any atom is 0.187 e. The van der Waals surface area contributed by atoms with Crippen LogP contribution in [0.25, 0.3) is 0 Å². The molecule has 2 saturated heterocycles. The minimum atomic E-state index is -1.76. The lowest BCUT2D eigenvalue weighted by molar-refractivity contribution is -0.355. The van der Waals surface area contributed by atoms with Crippen LogP contribution in [0.15, 0.2) is 0 Å². The van der Waals surface area contributed by atoms with Crippen molar-refractivity contribution in [3.8, 4) is 0 Å². The normalized spacial score (nSPS) is 51.7. The van der Waals surface area contributed by atoms with Gasteiger partial charge in [-0.25, -0.2) is 0 Å². The summed E-state index contributed by atoms with van der Waals surface area (Å²) in [6.45, 7) is -1.34. The van der Waals surface area contributed by atoms with Crippen LogP contribution in [0, 0.1) is 0 Å². The molecule has 0 aliphatic carbocycles. The Bertz CT molecular complexity index is 380. The number of hydrogen-bond donors (Lipinski definition) is 8. The van der Waals surface area contributed by atoms with Crippen molar-refractivity contribution in [2.24, 2.45) is 0 Å². The van der Waals surface area contributed by atoms with Crippen LogP contribution >= 0.6 is 0 Å². The molecule has 23 heavy (non-hydrogen) atoms. The fraction of sp³-hybridized carbons (Fsp3) is 1.00. The van der Waals surface area contributed by atoms with Crippen LogP contribution in [0.4, 0.5) is 0 Å². The molecule has 0 aromatic carbocycles. The first kappa shape index (κ1) is 18.9. The first-order valence-corrected chi connectivity index (χ1v) is 7.08. The number of hydrogen-bond acceptors (Lipinski definition) is 11. The zero-order valence-corrected chi connectivity index (χ0v) is 12.0. The van der Waals surface area contributed by atoms with Crippen LogP contribution in [0.3, 0.4) is 0 Å². The van der Waals surface area contributed by atoms with Crippen molar-refractivity contribution in [1.82, 2.24) is 0 Å². The van der Waals surface area contributed by atoms with E-state index in [0.29, 0.717) is 0 Å². The molecule has 0 aromatic rings. The number of ether oxygens (including phenoxy) is 3. The molecule has 2 aliphatic rings. The van der Waals surface area contributed by atoms with Gasteiger partial charge in [0.05, 0.1) is 13.2 Å². The maximum absolute atomic E-state index is 10.00. The third-order valence-electron chi connectivity index (χ3n) is 3.98. The highest BCUT2D eigenvalue weighted by Gasteiger charge is 2.50. The predicted octanol–water partition coefficient (Wildman–Crippen LogP) is -5.40. The van der Waals surface area contributed by atoms with Gasteiger partial charge in [-0.15, -0.1) is 0 Å². The van der Waals surface area contributed by atoms with E-state index < -0.39 is 74.6 Å². The molecular weight excluding hydrogens is 320 g/mol. The van der Waals surface area contributed by atoms with E-state index in [2.05, 4.69) is 0 Å². The number of aliphatic hydroxyl groups excluding tert-OH is 8. The molecule has 0 spiro atoms. The van der Waals surface area contributed by atoms with E-state index in [4.69, 9.17) is 24.4 Å². The smallest absolute Gasteiger partial charge is 0.187 e. The van der Waals surface area contributed by atoms with Crippen LogP contribution in [-0.2, 0) is 14.2 Å². The molecule has 10 atom stereocenters. The molecule has 0 radical (unpaired) electrons. The lowest BCUT2D eigenvalue weighted by Gasteiger charge is -2.45. The van der Waals surface area contributed by atoms with Gasteiger partial charge in [0.25, 0.3) is 0 Å². The van der Waals surface area contributed by atoms with Crippen LogP contribution in [-0.4, -0.2) is 115 Å². The minimum Gasteiger partial charge on any atom is -0.394 e. The third kappa shape index (κ3) is 3.65. The van der Waals surface area contributed by atoms with Gasteiger partial charge in [0.15, 0.2) is 12.6 Å². The predicted molar refractivity (Wildman–Crippen MR) is 68.6 cm³/mol. The van der Waals surface area contributed by atoms with Crippen LogP contribution in [0.5, 0.6) is 0 Å². The third-order valence-corrected chi connectivity index (χ3v) is 3.98. The van der Waals surface area contributed by atoms with Crippen LogP contribution < -0.4 is 0 Å². The van der Waals surface area contributed by atoms with E-state index in [9.17, 15) is 30.6 Å². The second kappa shape index (κ2) is 7.63. The van der Waals surface area contributed by atoms with Crippen molar-refractivity contribution in [3.05, 3.63) is 0 Å². The topological polar surface area (TPSA) is 190 Å². The molecule has 8 N–H and O–H groups in total. The molecule has 11 heteroatoms. The average Bonchev–Trinajstić information content (AvgIpc) is 2.54. The lowest BCUT2D eigenvalue weighted by Crippen LogP contribution is -2.64. The lowest BCUT2D eigenvalue weighted by atomic mass is 9.97. The van der Waals surface area contributed by atoms with E-state index >= 15 is 0 Å². The largest absolute Gasteiger partial charge is 0.394 e. The highest BCUT2D eigenvalue weighted by molar-refractivity contribution is 4.93. The standard InChI is InChI=1S/C12H22O11/c13-1-3-5(15)7(17)8(18)12(22-3)23-10-6(16)4(2-14)21-11(20)9(10)19/h3-20H,1-2H2/t3-,4+,5-,6-,7+,8-,9+,10-,11-,12-/m1/s1. The van der Waals surface area contributed by atoms with Gasteiger partial charge in [0, 0.05) is 0 Å². The monoisotopic (exact) mass is 342 g/mol. The summed E-state index contributed by atoms with van der Waals surface area (Å²) in [7, 11) is 0. The van der Waals surface area contributed by atoms with Gasteiger partial charge >= 0.3 is 0 Å². The maximum atomic E-state index is 10.00. The summed E-state index contributed by atoms with van der Waals surface area (Å²) >= 11 is 0. The number of rotatable bonds is 4. The molecule has 11 nitrogen and oxygen atoms in total. The molecule has 0 saturated carbocycles. The van der Waals surface area contributed by atoms with Gasteiger partial charge in [0.1, 0.15) is 48.8 Å². The second-order valence-electron chi connectivity index (χ2n) is 5.53. The Kier molecular flexibility index (Phi) is 6.27. The van der Waals surface area contributed by atoms with Crippen molar-refractivity contribution < 1.29 is 55.1 Å². The molecule has 2 heterocycles. The van der Waals surface area contributed by atoms with E-state index in [-0.39, 0.29) is 0 Å². The Hall–Kier alpha value is -0.440. The minimum absolute atomic E-state index is 0.667. The molecule has 0 aromatic heterocycles. The summed E-state index contributed by atoms with van der Waals surface area (Å²) < 4.78 is 15.1. The summed E-state index contributed by atoms with van der Waals surface area (Å²) in [5, 5.41) is 76.8. The highest BCUT2D eigenvalue weighted by Crippen LogP contribution is 2.28. The highest BCUT2D eigenvalue weighted by atomic mass is 16.7. The Morgan fingerprint density at radius 2 is 1.22 bits per heavy atom. The van der Waals surface area contributed by atoms with Gasteiger partial charge in [-0.1, -0.05) is 0 Å². The van der Waals surface area contributed by atoms with Crippen LogP contribution in [0.1, 0.15) is 0 Å². The van der Waals surface area contributed by atoms with E-state index in [1.54, 1.807) is 0 Å². The molecule has 2 rings (SSSR count). The van der Waals surface area contributed by atoms with Gasteiger partial charge < -0.3 is 55.1 Å². The summed E-state index contributed by atoms with van der Waals surface area (Å²) in [6.07, 6.45) is -15.7. The molecule has 0 amide bonds. The zero-order valence-electron chi connectivity index (χ0n) is 12.0. The van der Waals surface area contributed by atoms with E-state index in [1.807, 2.05) is 0 Å². The summed E-state index contributed by atoms with van der Waals surface area (Å²) in [6, 6.07) is 0. The first-order chi connectivity index (χ1) is 10.8. The van der Waals surface area contributed by atoms with E-state index in [1.165, 1.54) is 0 Å². The number of aliphatic hydroxyl groups is 8. The summed E-state index contributed by atoms with van der Waals surface area (Å²) in [5.74, 6) is 0. The van der Waals surface area contributed by atoms with Gasteiger partial charge in [0.2, 0.25) is 0 Å². The molecule has 2 aliphatic heterocycles. The Morgan fingerprint density at radius 1 is 0.652 bits per heavy atom. The van der Waals surface area contributed by atoms with Crippen LogP contribution in [0.2, 0.25) is 0 Å². The van der Waals surface area contributed by atoms with Gasteiger partial charge in [-0.05, 0) is 0 Å². The summed E-state index contributed by atoms with van der Waals surface area (Å²) in [5.41, 5.74) is 0. The van der Waals surface area contributed by atoms with Crippen molar-refractivity contribution in [2.45, 2.75) is 61.4 Å². The Morgan fingerprint density at radius 3 is 1.78 bits per heavy atom. The molecule has 136 valence electrons. The summed E-state index contributed by atoms with van der Waals surface area (Å²) in [4.78, 5) is 0. The van der Waals surface area contributed by atoms with Crippen molar-refractivity contribution in [1.29, 1.82) is 0 Å². The molecule has 0 bridgehead atoms. The van der Waals surface area contributed by atoms with Crippen molar-refractivity contribution >= 4 is 0 Å². The van der Waals surface area contributed by atoms with Gasteiger partial charge in [-0.3, -0.25) is 0 Å². The SMILES string of the molecule is OC[C@@H]1O[C@@H](O)[C@@H](O)[C@H](O[C@H]2O[C@H](CO)[C@@H](O)[C@H](O)[C@H]2O)[C@@H]1O. The first-order valence-electron chi connectivity index (χ1n) is 7.08. The molecular formula is C12H22O11. The van der Waals surface area contributed by atoms with Crippen molar-refractivity contribution in [3.63, 3.8) is 0 Å². The molecule has 0 unspecified atom stereocenters.